The largest absolute Gasteiger partial charge is 0.391 e. The highest BCUT2D eigenvalue weighted by Crippen LogP contribution is 2.38. The van der Waals surface area contributed by atoms with Crippen LogP contribution in [0.4, 0.5) is 18.9 Å². The van der Waals surface area contributed by atoms with Gasteiger partial charge in [0.05, 0.1) is 10.8 Å². The van der Waals surface area contributed by atoms with Crippen LogP contribution in [0.15, 0.2) is 23.1 Å². The summed E-state index contributed by atoms with van der Waals surface area (Å²) in [6.07, 6.45) is -3.04. The minimum absolute atomic E-state index is 0.0107. The molecule has 1 aromatic carbocycles. The lowest BCUT2D eigenvalue weighted by Crippen LogP contribution is -2.41. The Kier molecular flexibility index (Phi) is 4.80. The van der Waals surface area contributed by atoms with Crippen LogP contribution in [0.25, 0.3) is 0 Å². The Morgan fingerprint density at radius 3 is 2.64 bits per heavy atom. The molecule has 1 aliphatic carbocycles. The molecule has 1 heterocycles. The Morgan fingerprint density at radius 2 is 1.92 bits per heavy atom. The summed E-state index contributed by atoms with van der Waals surface area (Å²) in [5.74, 6) is -1.59. The summed E-state index contributed by atoms with van der Waals surface area (Å²) in [7, 11) is -3.91. The number of carbonyl (C=O) groups excluding carboxylic acids is 1. The maximum absolute atomic E-state index is 12.9. The van der Waals surface area contributed by atoms with Gasteiger partial charge in [-0.15, -0.1) is 0 Å². The molecule has 0 unspecified atom stereocenters. The summed E-state index contributed by atoms with van der Waals surface area (Å²) in [5, 5.41) is 2.66. The van der Waals surface area contributed by atoms with Crippen molar-refractivity contribution in [2.75, 3.05) is 5.32 Å². The fraction of sp³-hybridized carbons (Fsp3) is 0.562. The van der Waals surface area contributed by atoms with Crippen molar-refractivity contribution < 1.29 is 26.4 Å². The second kappa shape index (κ2) is 6.60. The molecule has 3 rings (SSSR count). The van der Waals surface area contributed by atoms with Crippen molar-refractivity contribution >= 4 is 21.6 Å². The van der Waals surface area contributed by atoms with E-state index in [1.165, 1.54) is 18.2 Å². The first-order valence-corrected chi connectivity index (χ1v) is 9.65. The maximum Gasteiger partial charge on any atom is 0.391 e. The van der Waals surface area contributed by atoms with Crippen LogP contribution in [0.2, 0.25) is 0 Å². The number of benzene rings is 1. The zero-order chi connectivity index (χ0) is 18.2. The number of rotatable bonds is 3. The van der Waals surface area contributed by atoms with Gasteiger partial charge in [0, 0.05) is 18.2 Å². The van der Waals surface area contributed by atoms with E-state index in [9.17, 15) is 26.4 Å². The molecule has 0 bridgehead atoms. The Labute approximate surface area is 144 Å². The lowest BCUT2D eigenvalue weighted by Gasteiger charge is -2.30. The van der Waals surface area contributed by atoms with Crippen LogP contribution in [0.5, 0.6) is 0 Å². The highest BCUT2D eigenvalue weighted by atomic mass is 32.2. The van der Waals surface area contributed by atoms with Gasteiger partial charge in [-0.25, -0.2) is 13.1 Å². The monoisotopic (exact) mass is 376 g/mol. The molecule has 1 saturated carbocycles. The fourth-order valence-electron chi connectivity index (χ4n) is 3.41. The summed E-state index contributed by atoms with van der Waals surface area (Å²) in [4.78, 5) is 11.4. The molecule has 138 valence electrons. The Balaban J connectivity index is 1.75. The van der Waals surface area contributed by atoms with E-state index in [4.69, 9.17) is 0 Å². The van der Waals surface area contributed by atoms with E-state index < -0.39 is 28.2 Å². The lowest BCUT2D eigenvalue weighted by molar-refractivity contribution is -0.183. The van der Waals surface area contributed by atoms with Crippen LogP contribution < -0.4 is 10.0 Å². The molecule has 0 radical (unpaired) electrons. The van der Waals surface area contributed by atoms with Gasteiger partial charge in [-0.2, -0.15) is 13.2 Å². The van der Waals surface area contributed by atoms with Crippen LogP contribution in [0.3, 0.4) is 0 Å². The zero-order valence-electron chi connectivity index (χ0n) is 13.4. The third kappa shape index (κ3) is 4.14. The van der Waals surface area contributed by atoms with E-state index in [1.54, 1.807) is 0 Å². The fourth-order valence-corrected chi connectivity index (χ4v) is 4.74. The van der Waals surface area contributed by atoms with Crippen molar-refractivity contribution in [1.29, 1.82) is 0 Å². The van der Waals surface area contributed by atoms with Crippen molar-refractivity contribution in [3.63, 3.8) is 0 Å². The highest BCUT2D eigenvalue weighted by Gasteiger charge is 2.42. The first-order chi connectivity index (χ1) is 11.6. The van der Waals surface area contributed by atoms with Gasteiger partial charge in [0.25, 0.3) is 0 Å². The molecule has 0 aromatic heterocycles. The molecule has 0 spiro atoms. The number of sulfonamides is 1. The second-order valence-corrected chi connectivity index (χ2v) is 8.30. The third-order valence-electron chi connectivity index (χ3n) is 4.74. The van der Waals surface area contributed by atoms with E-state index >= 15 is 0 Å². The summed E-state index contributed by atoms with van der Waals surface area (Å²) in [5.41, 5.74) is 1.28. The van der Waals surface area contributed by atoms with Gasteiger partial charge >= 0.3 is 6.18 Å². The molecule has 2 aliphatic rings. The molecule has 0 saturated heterocycles. The number of fused-ring (bicyclic) bond motifs is 1. The number of halogens is 3. The van der Waals surface area contributed by atoms with E-state index in [0.29, 0.717) is 30.5 Å². The van der Waals surface area contributed by atoms with Gasteiger partial charge in [0.2, 0.25) is 15.9 Å². The molecule has 25 heavy (non-hydrogen) atoms. The van der Waals surface area contributed by atoms with E-state index in [2.05, 4.69) is 10.0 Å². The molecular formula is C16H19F3N2O3S. The van der Waals surface area contributed by atoms with Crippen LogP contribution in [0.1, 0.15) is 37.7 Å². The van der Waals surface area contributed by atoms with Gasteiger partial charge in [-0.05, 0) is 49.4 Å². The minimum Gasteiger partial charge on any atom is -0.326 e. The van der Waals surface area contributed by atoms with Gasteiger partial charge < -0.3 is 5.32 Å². The number of alkyl halides is 3. The van der Waals surface area contributed by atoms with Crippen molar-refractivity contribution in [3.8, 4) is 0 Å². The predicted molar refractivity (Wildman–Crippen MR) is 85.5 cm³/mol. The number of nitrogens with one attached hydrogen (secondary N) is 2. The van der Waals surface area contributed by atoms with Crippen LogP contribution in [-0.2, 0) is 21.2 Å². The average Bonchev–Trinajstić information content (AvgIpc) is 2.53. The summed E-state index contributed by atoms with van der Waals surface area (Å²) >= 11 is 0. The smallest absolute Gasteiger partial charge is 0.326 e. The van der Waals surface area contributed by atoms with E-state index in [1.807, 2.05) is 0 Å². The molecule has 2 N–H and O–H groups in total. The van der Waals surface area contributed by atoms with Crippen molar-refractivity contribution in [2.24, 2.45) is 5.92 Å². The molecule has 1 aliphatic heterocycles. The Morgan fingerprint density at radius 1 is 1.16 bits per heavy atom. The Hall–Kier alpha value is -1.61. The number of carbonyl (C=O) groups is 1. The average molecular weight is 376 g/mol. The third-order valence-corrected chi connectivity index (χ3v) is 6.26. The van der Waals surface area contributed by atoms with Crippen LogP contribution in [0, 0.1) is 5.92 Å². The van der Waals surface area contributed by atoms with Crippen LogP contribution in [-0.4, -0.2) is 26.5 Å². The van der Waals surface area contributed by atoms with Crippen molar-refractivity contribution in [3.05, 3.63) is 23.8 Å². The number of anilines is 1. The van der Waals surface area contributed by atoms with Crippen molar-refractivity contribution in [1.82, 2.24) is 4.72 Å². The molecule has 1 aromatic rings. The summed E-state index contributed by atoms with van der Waals surface area (Å²) in [6, 6.07) is 3.62. The number of hydrogen-bond acceptors (Lipinski definition) is 3. The van der Waals surface area contributed by atoms with Gasteiger partial charge in [0.15, 0.2) is 0 Å². The standard InChI is InChI=1S/C16H19F3N2O3S/c17-16(18,19)11-2-1-3-12(9-11)21-25(23,24)13-5-6-14-10(8-13)4-7-15(22)20-14/h5-6,8,11-12,21H,1-4,7,9H2,(H,20,22)/t11-,12-/m0/s1. The predicted octanol–water partition coefficient (Wildman–Crippen LogP) is 2.97. The number of hydrogen-bond donors (Lipinski definition) is 2. The van der Waals surface area contributed by atoms with Gasteiger partial charge in [-0.1, -0.05) is 6.42 Å². The normalized spacial score (nSPS) is 24.5. The highest BCUT2D eigenvalue weighted by molar-refractivity contribution is 7.89. The minimum atomic E-state index is -4.30. The maximum atomic E-state index is 12.9. The SMILES string of the molecule is O=C1CCc2cc(S(=O)(=O)N[C@H]3CCC[C@H](C(F)(F)F)C3)ccc2N1. The van der Waals surface area contributed by atoms with E-state index in [0.717, 1.165) is 0 Å². The van der Waals surface area contributed by atoms with E-state index in [-0.39, 0.29) is 30.1 Å². The molecule has 9 heteroatoms. The Bertz CT molecular complexity index is 777. The topological polar surface area (TPSA) is 75.3 Å². The van der Waals surface area contributed by atoms with Crippen LogP contribution >= 0.6 is 0 Å². The first kappa shape index (κ1) is 18.2. The number of amides is 1. The van der Waals surface area contributed by atoms with Gasteiger partial charge in [-0.3, -0.25) is 4.79 Å². The second-order valence-electron chi connectivity index (χ2n) is 6.59. The van der Waals surface area contributed by atoms with Gasteiger partial charge in [0.1, 0.15) is 0 Å². The molecule has 1 fully saturated rings. The summed E-state index contributed by atoms with van der Waals surface area (Å²) < 4.78 is 66.1. The quantitative estimate of drug-likeness (QED) is 0.852. The molecular weight excluding hydrogens is 357 g/mol. The molecule has 1 amide bonds. The lowest BCUT2D eigenvalue weighted by atomic mass is 9.86. The molecule has 2 atom stereocenters. The number of aryl methyl sites for hydroxylation is 1. The molecule has 5 nitrogen and oxygen atoms in total. The zero-order valence-corrected chi connectivity index (χ0v) is 14.2. The van der Waals surface area contributed by atoms with Crippen molar-refractivity contribution in [2.45, 2.75) is 55.6 Å². The first-order valence-electron chi connectivity index (χ1n) is 8.17. The summed E-state index contributed by atoms with van der Waals surface area (Å²) in [6.45, 7) is 0.